The molecule has 0 spiro atoms. The summed E-state index contributed by atoms with van der Waals surface area (Å²) in [5, 5.41) is 15.5. The van der Waals surface area contributed by atoms with Crippen LogP contribution in [0.2, 0.25) is 5.02 Å². The molecular formula is C34H43ClFN7O2. The molecule has 0 aliphatic carbocycles. The molecule has 2 aromatic heterocycles. The van der Waals surface area contributed by atoms with Gasteiger partial charge in [-0.25, -0.2) is 9.18 Å². The van der Waals surface area contributed by atoms with E-state index in [0.717, 1.165) is 56.1 Å². The van der Waals surface area contributed by atoms with E-state index in [9.17, 15) is 4.79 Å². The second-order valence-electron chi connectivity index (χ2n) is 12.3. The number of benzene rings is 2. The van der Waals surface area contributed by atoms with Crippen LogP contribution in [0.3, 0.4) is 0 Å². The van der Waals surface area contributed by atoms with Crippen molar-refractivity contribution >= 4 is 28.5 Å². The molecule has 4 atom stereocenters. The molecule has 240 valence electrons. The highest BCUT2D eigenvalue weighted by Crippen LogP contribution is 2.32. The van der Waals surface area contributed by atoms with Gasteiger partial charge in [0, 0.05) is 42.4 Å². The van der Waals surface area contributed by atoms with E-state index in [4.69, 9.17) is 27.5 Å². The average molecular weight is 636 g/mol. The maximum absolute atomic E-state index is 15.2. The number of aromatic amines is 1. The Morgan fingerprint density at radius 3 is 2.76 bits per heavy atom. The third-order valence-corrected chi connectivity index (χ3v) is 8.70. The Bertz CT molecular complexity index is 1680. The molecule has 0 bridgehead atoms. The van der Waals surface area contributed by atoms with Crippen LogP contribution in [-0.2, 0) is 11.2 Å². The van der Waals surface area contributed by atoms with Gasteiger partial charge in [0.25, 0.3) is 0 Å². The van der Waals surface area contributed by atoms with Crippen molar-refractivity contribution in [3.05, 3.63) is 81.1 Å². The zero-order chi connectivity index (χ0) is 32.1. The van der Waals surface area contributed by atoms with Crippen LogP contribution in [0.5, 0.6) is 0 Å². The van der Waals surface area contributed by atoms with Crippen molar-refractivity contribution in [1.29, 1.82) is 5.41 Å². The summed E-state index contributed by atoms with van der Waals surface area (Å²) in [5.74, 6) is -0.0767. The van der Waals surface area contributed by atoms with Gasteiger partial charge in [-0.2, -0.15) is 4.98 Å². The summed E-state index contributed by atoms with van der Waals surface area (Å²) in [6.07, 6.45) is 8.27. The first-order chi connectivity index (χ1) is 21.6. The zero-order valence-electron chi connectivity index (χ0n) is 26.1. The summed E-state index contributed by atoms with van der Waals surface area (Å²) in [6, 6.07) is 13.9. The van der Waals surface area contributed by atoms with E-state index in [-0.39, 0.29) is 23.1 Å². The highest BCUT2D eigenvalue weighted by atomic mass is 35.5. The predicted molar refractivity (Wildman–Crippen MR) is 179 cm³/mol. The molecule has 11 heteroatoms. The standard InChI is InChI=1S/C34H43ClFN7O2/c1-20(37)6-4-7-22-14-28(32(36)29(35)15-22)31-16-24-18-43(34(44)42-33(24)41-31)27-12-10-23(11-13-27)30-9-5-8-25(40-30)17-26(19-45-3)39-21(2)38/h10-16,18,20,25-26,30,40H,4-9,17,19,37H2,1-3H3,(H2,38,39)(H,41,42,44)/t20-,25-,26-,30-/m0/s1. The van der Waals surface area contributed by atoms with Crippen molar-refractivity contribution in [3.8, 4) is 16.9 Å². The minimum Gasteiger partial charge on any atom is -0.383 e. The lowest BCUT2D eigenvalue weighted by molar-refractivity contribution is 0.159. The van der Waals surface area contributed by atoms with E-state index in [1.807, 2.05) is 19.1 Å². The Kier molecular flexibility index (Phi) is 10.7. The van der Waals surface area contributed by atoms with Gasteiger partial charge >= 0.3 is 5.69 Å². The molecule has 0 saturated carbocycles. The molecule has 1 saturated heterocycles. The first-order valence-electron chi connectivity index (χ1n) is 15.6. The Morgan fingerprint density at radius 1 is 1.27 bits per heavy atom. The number of nitrogens with two attached hydrogens (primary N) is 1. The van der Waals surface area contributed by atoms with Crippen LogP contribution < -0.4 is 22.1 Å². The van der Waals surface area contributed by atoms with Gasteiger partial charge in [0.15, 0.2) is 5.82 Å². The highest BCUT2D eigenvalue weighted by Gasteiger charge is 2.25. The third-order valence-electron chi connectivity index (χ3n) is 8.42. The molecule has 5 rings (SSSR count). The van der Waals surface area contributed by atoms with Crippen LogP contribution in [0.15, 0.2) is 53.5 Å². The molecule has 45 heavy (non-hydrogen) atoms. The van der Waals surface area contributed by atoms with Crippen molar-refractivity contribution < 1.29 is 9.13 Å². The fraction of sp³-hybridized carbons (Fsp3) is 0.441. The van der Waals surface area contributed by atoms with E-state index in [2.05, 4.69) is 32.7 Å². The molecule has 2 aromatic carbocycles. The number of nitrogens with one attached hydrogen (secondary N) is 4. The molecule has 1 aliphatic rings. The number of H-pyrrole nitrogens is 1. The van der Waals surface area contributed by atoms with E-state index in [1.54, 1.807) is 38.4 Å². The quantitative estimate of drug-likeness (QED) is 0.0955. The molecule has 0 radical (unpaired) electrons. The smallest absolute Gasteiger partial charge is 0.354 e. The minimum atomic E-state index is -0.515. The summed E-state index contributed by atoms with van der Waals surface area (Å²) in [5.41, 5.74) is 9.47. The van der Waals surface area contributed by atoms with Crippen molar-refractivity contribution in [1.82, 2.24) is 25.2 Å². The number of rotatable bonds is 12. The first-order valence-corrected chi connectivity index (χ1v) is 16.0. The average Bonchev–Trinajstić information content (AvgIpc) is 3.41. The molecule has 4 aromatic rings. The van der Waals surface area contributed by atoms with Crippen LogP contribution in [-0.4, -0.2) is 52.2 Å². The summed E-state index contributed by atoms with van der Waals surface area (Å²) in [4.78, 5) is 20.5. The zero-order valence-corrected chi connectivity index (χ0v) is 26.9. The van der Waals surface area contributed by atoms with Gasteiger partial charge in [0.1, 0.15) is 5.65 Å². The minimum absolute atomic E-state index is 0.0567. The number of amidine groups is 1. The lowest BCUT2D eigenvalue weighted by Gasteiger charge is -2.34. The second-order valence-corrected chi connectivity index (χ2v) is 12.7. The highest BCUT2D eigenvalue weighted by molar-refractivity contribution is 6.31. The lowest BCUT2D eigenvalue weighted by Crippen LogP contribution is -2.45. The van der Waals surface area contributed by atoms with Crippen LogP contribution in [0, 0.1) is 11.2 Å². The first kappa shape index (κ1) is 32.8. The molecule has 6 N–H and O–H groups in total. The molecule has 0 unspecified atom stereocenters. The number of methoxy groups -OCH3 is 1. The lowest BCUT2D eigenvalue weighted by atomic mass is 9.90. The number of hydrogen-bond donors (Lipinski definition) is 5. The number of ether oxygens (including phenoxy) is 1. The third kappa shape index (κ3) is 8.18. The number of fused-ring (bicyclic) bond motifs is 1. The topological polar surface area (TPSA) is 134 Å². The molecular weight excluding hydrogens is 593 g/mol. The van der Waals surface area contributed by atoms with Crippen LogP contribution in [0.25, 0.3) is 28.0 Å². The number of aryl methyl sites for hydroxylation is 1. The van der Waals surface area contributed by atoms with Crippen LogP contribution in [0.1, 0.15) is 69.5 Å². The van der Waals surface area contributed by atoms with E-state index in [0.29, 0.717) is 46.5 Å². The fourth-order valence-electron chi connectivity index (χ4n) is 6.29. The summed E-state index contributed by atoms with van der Waals surface area (Å²) >= 11 is 6.27. The van der Waals surface area contributed by atoms with Crippen molar-refractivity contribution in [2.75, 3.05) is 13.7 Å². The fourth-order valence-corrected chi connectivity index (χ4v) is 6.54. The van der Waals surface area contributed by atoms with Gasteiger partial charge in [0.2, 0.25) is 0 Å². The van der Waals surface area contributed by atoms with E-state index in [1.165, 1.54) is 4.57 Å². The Morgan fingerprint density at radius 2 is 2.04 bits per heavy atom. The Labute approximate surface area is 268 Å². The van der Waals surface area contributed by atoms with Crippen LogP contribution in [0.4, 0.5) is 4.39 Å². The summed E-state index contributed by atoms with van der Waals surface area (Å²) in [7, 11) is 1.68. The monoisotopic (exact) mass is 635 g/mol. The summed E-state index contributed by atoms with van der Waals surface area (Å²) < 4.78 is 22.0. The van der Waals surface area contributed by atoms with Crippen molar-refractivity contribution in [2.24, 2.45) is 5.73 Å². The number of nitrogens with zero attached hydrogens (tertiary/aromatic N) is 2. The van der Waals surface area contributed by atoms with E-state index < -0.39 is 11.5 Å². The molecule has 1 aliphatic heterocycles. The number of aromatic nitrogens is 3. The predicted octanol–water partition coefficient (Wildman–Crippen LogP) is 6.02. The Balaban J connectivity index is 1.33. The summed E-state index contributed by atoms with van der Waals surface area (Å²) in [6.45, 7) is 4.26. The number of piperidine rings is 1. The SMILES string of the molecule is COC[C@H](C[C@@H]1CCC[C@@H](c2ccc(-n3cc4cc(-c5cc(CCC[C@H](C)N)cc(Cl)c5F)[nH]c4nc3=O)cc2)N1)NC(C)=N. The number of hydrogen-bond acceptors (Lipinski definition) is 6. The molecule has 1 fully saturated rings. The van der Waals surface area contributed by atoms with Gasteiger partial charge in [-0.05, 0) is 93.8 Å². The van der Waals surface area contributed by atoms with Crippen molar-refractivity contribution in [3.63, 3.8) is 0 Å². The normalized spacial score (nSPS) is 18.2. The van der Waals surface area contributed by atoms with Gasteiger partial charge < -0.3 is 26.1 Å². The maximum Gasteiger partial charge on any atom is 0.354 e. The maximum atomic E-state index is 15.2. The molecule has 0 amide bonds. The van der Waals surface area contributed by atoms with Gasteiger partial charge in [-0.15, -0.1) is 0 Å². The second kappa shape index (κ2) is 14.7. The van der Waals surface area contributed by atoms with E-state index >= 15 is 4.39 Å². The van der Waals surface area contributed by atoms with Crippen molar-refractivity contribution in [2.45, 2.75) is 83.0 Å². The van der Waals surface area contributed by atoms with Gasteiger partial charge in [0.05, 0.1) is 34.9 Å². The molecule has 9 nitrogen and oxygen atoms in total. The van der Waals surface area contributed by atoms with Gasteiger partial charge in [-0.1, -0.05) is 30.2 Å². The molecule has 3 heterocycles. The number of halogens is 2. The van der Waals surface area contributed by atoms with Crippen LogP contribution >= 0.6 is 11.6 Å². The van der Waals surface area contributed by atoms with Gasteiger partial charge in [-0.3, -0.25) is 9.98 Å². The largest absolute Gasteiger partial charge is 0.383 e. The Hall–Kier alpha value is -3.57.